The van der Waals surface area contributed by atoms with Gasteiger partial charge in [-0.2, -0.15) is 0 Å². The number of carbonyl (C=O) groups excluding carboxylic acids is 1. The van der Waals surface area contributed by atoms with Gasteiger partial charge in [0, 0.05) is 18.1 Å². The average molecular weight is 320 g/mol. The van der Waals surface area contributed by atoms with Gasteiger partial charge in [-0.05, 0) is 48.2 Å². The van der Waals surface area contributed by atoms with Gasteiger partial charge >= 0.3 is 0 Å². The average Bonchev–Trinajstić information content (AvgIpc) is 2.50. The van der Waals surface area contributed by atoms with Crippen LogP contribution in [-0.2, 0) is 11.2 Å². The number of hydrogen-bond donors (Lipinski definition) is 2. The van der Waals surface area contributed by atoms with Crippen LogP contribution in [0, 0.1) is 0 Å². The van der Waals surface area contributed by atoms with Gasteiger partial charge < -0.3 is 11.1 Å². The van der Waals surface area contributed by atoms with E-state index in [4.69, 9.17) is 5.73 Å². The molecule has 2 rings (SSSR count). The van der Waals surface area contributed by atoms with Gasteiger partial charge in [0.15, 0.2) is 0 Å². The predicted octanol–water partition coefficient (Wildman–Crippen LogP) is 3.16. The Balaban J connectivity index is 0.00000242. The van der Waals surface area contributed by atoms with Gasteiger partial charge in [-0.25, -0.2) is 0 Å². The third-order valence-corrected chi connectivity index (χ3v) is 3.32. The second-order valence-corrected chi connectivity index (χ2v) is 5.11. The number of hydrogen-bond acceptors (Lipinski definition) is 3. The first-order valence-corrected chi connectivity index (χ1v) is 7.23. The maximum Gasteiger partial charge on any atom is 0.241 e. The van der Waals surface area contributed by atoms with Gasteiger partial charge in [0.25, 0.3) is 0 Å². The van der Waals surface area contributed by atoms with Crippen LogP contribution in [0.5, 0.6) is 0 Å². The number of rotatable bonds is 6. The van der Waals surface area contributed by atoms with Crippen molar-refractivity contribution in [2.75, 3.05) is 5.32 Å². The van der Waals surface area contributed by atoms with Crippen molar-refractivity contribution in [2.24, 2.45) is 5.73 Å². The normalized spacial score (nSPS) is 11.4. The molecule has 4 nitrogen and oxygen atoms in total. The fourth-order valence-electron chi connectivity index (χ4n) is 2.12. The molecule has 0 aliphatic rings. The molecule has 1 heterocycles. The summed E-state index contributed by atoms with van der Waals surface area (Å²) in [7, 11) is 0. The summed E-state index contributed by atoms with van der Waals surface area (Å²) in [5, 5.41) is 2.84. The van der Waals surface area contributed by atoms with Crippen molar-refractivity contribution < 1.29 is 4.79 Å². The van der Waals surface area contributed by atoms with E-state index < -0.39 is 6.04 Å². The Hall–Kier alpha value is -1.91. The van der Waals surface area contributed by atoms with Gasteiger partial charge in [-0.1, -0.05) is 25.5 Å². The van der Waals surface area contributed by atoms with Crippen molar-refractivity contribution in [1.82, 2.24) is 4.98 Å². The summed E-state index contributed by atoms with van der Waals surface area (Å²) in [5.41, 5.74) is 8.98. The maximum atomic E-state index is 11.8. The van der Waals surface area contributed by atoms with Crippen LogP contribution in [0.2, 0.25) is 0 Å². The van der Waals surface area contributed by atoms with Crippen molar-refractivity contribution in [3.05, 3.63) is 59.9 Å². The predicted molar refractivity (Wildman–Crippen MR) is 92.2 cm³/mol. The quantitative estimate of drug-likeness (QED) is 0.859. The Morgan fingerprint density at radius 3 is 2.32 bits per heavy atom. The molecule has 5 heteroatoms. The van der Waals surface area contributed by atoms with Gasteiger partial charge in [0.1, 0.15) is 0 Å². The molecule has 0 saturated heterocycles. The highest BCUT2D eigenvalue weighted by Gasteiger charge is 2.11. The Labute approximate surface area is 137 Å². The molecule has 1 aromatic heterocycles. The molecular weight excluding hydrogens is 298 g/mol. The van der Waals surface area contributed by atoms with Crippen LogP contribution in [0.15, 0.2) is 48.8 Å². The van der Waals surface area contributed by atoms with Crippen molar-refractivity contribution >= 4 is 24.0 Å². The Morgan fingerprint density at radius 1 is 1.14 bits per heavy atom. The topological polar surface area (TPSA) is 68.0 Å². The summed E-state index contributed by atoms with van der Waals surface area (Å²) in [5.74, 6) is -0.126. The maximum absolute atomic E-state index is 11.8. The summed E-state index contributed by atoms with van der Waals surface area (Å²) in [6.45, 7) is 2.01. The summed E-state index contributed by atoms with van der Waals surface area (Å²) in [6.07, 6.45) is 6.04. The van der Waals surface area contributed by atoms with E-state index >= 15 is 0 Å². The van der Waals surface area contributed by atoms with Crippen LogP contribution in [0.25, 0.3) is 0 Å². The minimum Gasteiger partial charge on any atom is -0.325 e. The molecule has 1 atom stereocenters. The fourth-order valence-corrected chi connectivity index (χ4v) is 2.12. The zero-order chi connectivity index (χ0) is 15.1. The SMILES string of the molecule is CCCC(N)C(=O)Nc1ccc(Cc2ccncc2)cc1.Cl. The van der Waals surface area contributed by atoms with Gasteiger partial charge in [0.2, 0.25) is 5.91 Å². The Morgan fingerprint density at radius 2 is 1.73 bits per heavy atom. The second kappa shape index (κ2) is 9.18. The minimum atomic E-state index is -0.438. The molecule has 0 saturated carbocycles. The van der Waals surface area contributed by atoms with Gasteiger partial charge in [-0.15, -0.1) is 12.4 Å². The largest absolute Gasteiger partial charge is 0.325 e. The second-order valence-electron chi connectivity index (χ2n) is 5.11. The summed E-state index contributed by atoms with van der Waals surface area (Å²) < 4.78 is 0. The zero-order valence-corrected chi connectivity index (χ0v) is 13.5. The first-order valence-electron chi connectivity index (χ1n) is 7.23. The lowest BCUT2D eigenvalue weighted by Crippen LogP contribution is -2.35. The standard InChI is InChI=1S/C17H21N3O.ClH/c1-2-3-16(18)17(21)20-15-6-4-13(5-7-15)12-14-8-10-19-11-9-14;/h4-11,16H,2-3,12,18H2,1H3,(H,20,21);1H. The molecule has 0 spiro atoms. The molecule has 0 aliphatic carbocycles. The first kappa shape index (κ1) is 18.1. The van der Waals surface area contributed by atoms with E-state index in [0.29, 0.717) is 6.42 Å². The molecule has 118 valence electrons. The summed E-state index contributed by atoms with van der Waals surface area (Å²) in [6, 6.07) is 11.4. The van der Waals surface area contributed by atoms with Gasteiger partial charge in [0.05, 0.1) is 6.04 Å². The van der Waals surface area contributed by atoms with Crippen LogP contribution in [0.4, 0.5) is 5.69 Å². The molecule has 22 heavy (non-hydrogen) atoms. The molecule has 1 amide bonds. The summed E-state index contributed by atoms with van der Waals surface area (Å²) >= 11 is 0. The van der Waals surface area contributed by atoms with E-state index in [1.165, 1.54) is 11.1 Å². The number of aromatic nitrogens is 1. The van der Waals surface area contributed by atoms with E-state index in [0.717, 1.165) is 18.5 Å². The van der Waals surface area contributed by atoms with Crippen LogP contribution in [0.1, 0.15) is 30.9 Å². The Bertz CT molecular complexity index is 572. The lowest BCUT2D eigenvalue weighted by atomic mass is 10.1. The minimum absolute atomic E-state index is 0. The molecular formula is C17H22ClN3O. The summed E-state index contributed by atoms with van der Waals surface area (Å²) in [4.78, 5) is 15.8. The molecule has 1 unspecified atom stereocenters. The molecule has 0 aliphatic heterocycles. The lowest BCUT2D eigenvalue weighted by molar-refractivity contribution is -0.117. The first-order chi connectivity index (χ1) is 10.2. The highest BCUT2D eigenvalue weighted by Crippen LogP contribution is 2.13. The smallest absolute Gasteiger partial charge is 0.241 e. The van der Waals surface area contributed by atoms with E-state index in [9.17, 15) is 4.79 Å². The van der Waals surface area contributed by atoms with E-state index in [1.54, 1.807) is 12.4 Å². The van der Waals surface area contributed by atoms with Crippen molar-refractivity contribution in [3.63, 3.8) is 0 Å². The molecule has 0 fully saturated rings. The molecule has 1 aromatic carbocycles. The number of amides is 1. The van der Waals surface area contributed by atoms with Crippen LogP contribution in [0.3, 0.4) is 0 Å². The monoisotopic (exact) mass is 319 g/mol. The van der Waals surface area contributed by atoms with E-state index in [1.807, 2.05) is 43.3 Å². The lowest BCUT2D eigenvalue weighted by Gasteiger charge is -2.11. The Kier molecular flexibility index (Phi) is 7.57. The highest BCUT2D eigenvalue weighted by molar-refractivity contribution is 5.94. The number of benzene rings is 1. The van der Waals surface area contributed by atoms with E-state index in [-0.39, 0.29) is 18.3 Å². The van der Waals surface area contributed by atoms with Crippen molar-refractivity contribution in [1.29, 1.82) is 0 Å². The fraction of sp³-hybridized carbons (Fsp3) is 0.294. The van der Waals surface area contributed by atoms with E-state index in [2.05, 4.69) is 10.3 Å². The van der Waals surface area contributed by atoms with Crippen LogP contribution >= 0.6 is 12.4 Å². The zero-order valence-electron chi connectivity index (χ0n) is 12.7. The van der Waals surface area contributed by atoms with Crippen LogP contribution < -0.4 is 11.1 Å². The van der Waals surface area contributed by atoms with Crippen molar-refractivity contribution in [2.45, 2.75) is 32.2 Å². The van der Waals surface area contributed by atoms with Crippen molar-refractivity contribution in [3.8, 4) is 0 Å². The number of nitrogens with one attached hydrogen (secondary N) is 1. The number of carbonyl (C=O) groups is 1. The molecule has 0 radical (unpaired) electrons. The third-order valence-electron chi connectivity index (χ3n) is 3.32. The number of anilines is 1. The number of nitrogens with zero attached hydrogens (tertiary/aromatic N) is 1. The van der Waals surface area contributed by atoms with Gasteiger partial charge in [-0.3, -0.25) is 9.78 Å². The number of pyridine rings is 1. The highest BCUT2D eigenvalue weighted by atomic mass is 35.5. The molecule has 2 aromatic rings. The third kappa shape index (κ3) is 5.47. The molecule has 3 N–H and O–H groups in total. The molecule has 0 bridgehead atoms. The number of nitrogens with two attached hydrogens (primary N) is 1. The van der Waals surface area contributed by atoms with Crippen LogP contribution in [-0.4, -0.2) is 16.9 Å². The number of halogens is 1.